The van der Waals surface area contributed by atoms with Gasteiger partial charge in [0.05, 0.1) is 23.4 Å². The lowest BCUT2D eigenvalue weighted by Crippen LogP contribution is -1.84. The second kappa shape index (κ2) is 13.3. The van der Waals surface area contributed by atoms with Gasteiger partial charge >= 0.3 is 0 Å². The van der Waals surface area contributed by atoms with Gasteiger partial charge < -0.3 is 0 Å². The molecule has 0 aromatic heterocycles. The predicted molar refractivity (Wildman–Crippen MR) is 73.9 cm³/mol. The fourth-order valence-electron chi connectivity index (χ4n) is 0.614. The molecule has 6 heteroatoms. The van der Waals surface area contributed by atoms with Crippen molar-refractivity contribution in [2.24, 2.45) is 9.98 Å². The molecule has 0 radical (unpaired) electrons. The van der Waals surface area contributed by atoms with Crippen LogP contribution in [0.4, 0.5) is 0 Å². The number of hydrogen-bond donors (Lipinski definition) is 0. The summed E-state index contributed by atoms with van der Waals surface area (Å²) < 4.78 is 0. The van der Waals surface area contributed by atoms with Gasteiger partial charge in [0.2, 0.25) is 0 Å². The number of isothiocyanates is 2. The molecule has 0 rings (SSSR count). The molecule has 0 saturated heterocycles. The largest absolute Gasteiger partial charge is 0.233 e. The van der Waals surface area contributed by atoms with Gasteiger partial charge in [-0.3, -0.25) is 0 Å². The van der Waals surface area contributed by atoms with Crippen molar-refractivity contribution in [1.82, 2.24) is 0 Å². The molecule has 14 heavy (non-hydrogen) atoms. The number of aliphatic imine (C=N–C) groups is 2. The average Bonchev–Trinajstić information content (AvgIpc) is 2.21. The molecule has 0 amide bonds. The predicted octanol–water partition coefficient (Wildman–Crippen LogP) is 3.35. The van der Waals surface area contributed by atoms with Crippen molar-refractivity contribution < 1.29 is 0 Å². The molecular formula is C8H12N2S4. The Kier molecular flexibility index (Phi) is 13.6. The summed E-state index contributed by atoms with van der Waals surface area (Å²) >= 11 is 8.92. The highest BCUT2D eigenvalue weighted by atomic mass is 33.1. The fraction of sp³-hybridized carbons (Fsp3) is 0.750. The van der Waals surface area contributed by atoms with E-state index in [0.717, 1.165) is 37.4 Å². The summed E-state index contributed by atoms with van der Waals surface area (Å²) in [6.07, 6.45) is 2.14. The Labute approximate surface area is 103 Å². The van der Waals surface area contributed by atoms with Gasteiger partial charge in [-0.05, 0) is 37.3 Å². The van der Waals surface area contributed by atoms with Crippen molar-refractivity contribution in [2.75, 3.05) is 24.6 Å². The van der Waals surface area contributed by atoms with E-state index in [4.69, 9.17) is 0 Å². The summed E-state index contributed by atoms with van der Waals surface area (Å²) in [6.45, 7) is 1.60. The highest BCUT2D eigenvalue weighted by Gasteiger charge is 1.90. The molecule has 0 aliphatic carbocycles. The molecule has 0 fully saturated rings. The Morgan fingerprint density at radius 1 is 0.857 bits per heavy atom. The Morgan fingerprint density at radius 3 is 1.64 bits per heavy atom. The van der Waals surface area contributed by atoms with Crippen molar-refractivity contribution in [2.45, 2.75) is 12.8 Å². The van der Waals surface area contributed by atoms with Gasteiger partial charge in [-0.1, -0.05) is 21.6 Å². The summed E-state index contributed by atoms with van der Waals surface area (Å²) in [7, 11) is 3.74. The second-order valence-electron chi connectivity index (χ2n) is 2.30. The highest BCUT2D eigenvalue weighted by Crippen LogP contribution is 2.22. The van der Waals surface area contributed by atoms with Crippen molar-refractivity contribution >= 4 is 56.3 Å². The van der Waals surface area contributed by atoms with Gasteiger partial charge in [0.25, 0.3) is 0 Å². The molecule has 0 aliphatic rings. The smallest absolute Gasteiger partial charge is 0.0584 e. The maximum atomic E-state index is 4.46. The van der Waals surface area contributed by atoms with E-state index in [0.29, 0.717) is 0 Å². The minimum atomic E-state index is 0.798. The lowest BCUT2D eigenvalue weighted by molar-refractivity contribution is 0.950. The average molecular weight is 264 g/mol. The third-order valence-corrected chi connectivity index (χ3v) is 4.04. The van der Waals surface area contributed by atoms with Crippen LogP contribution in [0.25, 0.3) is 0 Å². The quantitative estimate of drug-likeness (QED) is 0.276. The minimum Gasteiger partial charge on any atom is -0.233 e. The van der Waals surface area contributed by atoms with Crippen LogP contribution < -0.4 is 0 Å². The van der Waals surface area contributed by atoms with Crippen LogP contribution in [0, 0.1) is 0 Å². The van der Waals surface area contributed by atoms with Crippen molar-refractivity contribution in [1.29, 1.82) is 0 Å². The van der Waals surface area contributed by atoms with Crippen LogP contribution in [0.2, 0.25) is 0 Å². The lowest BCUT2D eigenvalue weighted by atomic mass is 10.5. The van der Waals surface area contributed by atoms with E-state index in [9.17, 15) is 0 Å². The van der Waals surface area contributed by atoms with E-state index in [2.05, 4.69) is 44.7 Å². The molecule has 0 unspecified atom stereocenters. The first-order valence-corrected chi connectivity index (χ1v) is 7.54. The molecule has 0 heterocycles. The maximum Gasteiger partial charge on any atom is 0.0584 e. The van der Waals surface area contributed by atoms with Gasteiger partial charge in [-0.15, -0.1) is 0 Å². The van der Waals surface area contributed by atoms with E-state index in [-0.39, 0.29) is 0 Å². The monoisotopic (exact) mass is 264 g/mol. The fourth-order valence-corrected chi connectivity index (χ4v) is 2.94. The minimum absolute atomic E-state index is 0.798. The SMILES string of the molecule is S=C=NCCCSSCCCN=C=S. The Bertz CT molecular complexity index is 195. The van der Waals surface area contributed by atoms with Crippen molar-refractivity contribution in [3.05, 3.63) is 0 Å². The molecule has 0 bridgehead atoms. The number of thiocarbonyl (C=S) groups is 2. The summed E-state index contributed by atoms with van der Waals surface area (Å²) in [5, 5.41) is 4.71. The van der Waals surface area contributed by atoms with E-state index < -0.39 is 0 Å². The van der Waals surface area contributed by atoms with E-state index in [1.165, 1.54) is 0 Å². The standard InChI is InChI=1S/C8H12N2S4/c11-7-9-3-1-5-13-14-6-2-4-10-8-12/h1-6H2. The van der Waals surface area contributed by atoms with Gasteiger partial charge in [-0.2, -0.15) is 0 Å². The van der Waals surface area contributed by atoms with Gasteiger partial charge in [0, 0.05) is 11.5 Å². The zero-order valence-electron chi connectivity index (χ0n) is 7.77. The number of hydrogen-bond acceptors (Lipinski definition) is 6. The maximum absolute atomic E-state index is 4.46. The third-order valence-electron chi connectivity index (χ3n) is 1.21. The Balaban J connectivity index is 2.98. The zero-order valence-corrected chi connectivity index (χ0v) is 11.0. The summed E-state index contributed by atoms with van der Waals surface area (Å²) in [4.78, 5) is 7.67. The van der Waals surface area contributed by atoms with Crippen LogP contribution in [0.1, 0.15) is 12.8 Å². The molecule has 2 nitrogen and oxygen atoms in total. The van der Waals surface area contributed by atoms with Crippen molar-refractivity contribution in [3.8, 4) is 0 Å². The highest BCUT2D eigenvalue weighted by molar-refractivity contribution is 8.76. The normalized spacial score (nSPS) is 8.86. The first kappa shape index (κ1) is 14.3. The zero-order chi connectivity index (χ0) is 10.5. The van der Waals surface area contributed by atoms with Crippen LogP contribution in [-0.2, 0) is 0 Å². The number of nitrogens with zero attached hydrogens (tertiary/aromatic N) is 2. The molecule has 0 aromatic carbocycles. The molecule has 0 saturated carbocycles. The Morgan fingerprint density at radius 2 is 1.29 bits per heavy atom. The molecule has 0 atom stereocenters. The van der Waals surface area contributed by atoms with Gasteiger partial charge in [0.1, 0.15) is 0 Å². The van der Waals surface area contributed by atoms with E-state index >= 15 is 0 Å². The molecule has 78 valence electrons. The first-order chi connectivity index (χ1) is 6.91. The van der Waals surface area contributed by atoms with Crippen LogP contribution in [0.3, 0.4) is 0 Å². The summed E-state index contributed by atoms with van der Waals surface area (Å²) in [5.74, 6) is 2.23. The van der Waals surface area contributed by atoms with Crippen LogP contribution in [0.15, 0.2) is 9.98 Å². The third kappa shape index (κ3) is 12.3. The van der Waals surface area contributed by atoms with Gasteiger partial charge in [0.15, 0.2) is 0 Å². The van der Waals surface area contributed by atoms with Crippen LogP contribution in [-0.4, -0.2) is 34.9 Å². The second-order valence-corrected chi connectivity index (χ2v) is 5.36. The summed E-state index contributed by atoms with van der Waals surface area (Å²) in [6, 6.07) is 0. The van der Waals surface area contributed by atoms with Gasteiger partial charge in [-0.25, -0.2) is 9.98 Å². The van der Waals surface area contributed by atoms with Crippen LogP contribution in [0.5, 0.6) is 0 Å². The van der Waals surface area contributed by atoms with Crippen molar-refractivity contribution in [3.63, 3.8) is 0 Å². The van der Waals surface area contributed by atoms with Crippen LogP contribution >= 0.6 is 46.0 Å². The number of rotatable bonds is 9. The topological polar surface area (TPSA) is 24.7 Å². The first-order valence-electron chi connectivity index (χ1n) is 4.23. The lowest BCUT2D eigenvalue weighted by Gasteiger charge is -1.97. The molecule has 0 N–H and O–H groups in total. The Hall–Kier alpha value is 0.300. The molecular weight excluding hydrogens is 252 g/mol. The van der Waals surface area contributed by atoms with E-state index in [1.807, 2.05) is 21.6 Å². The molecule has 0 spiro atoms. The molecule has 0 aliphatic heterocycles. The molecule has 0 aromatic rings. The summed E-state index contributed by atoms with van der Waals surface area (Å²) in [5.41, 5.74) is 0. The van der Waals surface area contributed by atoms with E-state index in [1.54, 1.807) is 0 Å².